The molecule has 0 radical (unpaired) electrons. The summed E-state index contributed by atoms with van der Waals surface area (Å²) < 4.78 is 16.9. The maximum Gasteiger partial charge on any atom is 0.270 e. The van der Waals surface area contributed by atoms with Crippen LogP contribution in [0, 0.1) is 6.92 Å². The summed E-state index contributed by atoms with van der Waals surface area (Å²) in [6.45, 7) is 4.67. The smallest absolute Gasteiger partial charge is 0.270 e. The Bertz CT molecular complexity index is 839. The minimum Gasteiger partial charge on any atom is -0.496 e. The molecule has 1 aliphatic rings. The second-order valence-corrected chi connectivity index (χ2v) is 6.02. The summed E-state index contributed by atoms with van der Waals surface area (Å²) in [7, 11) is 1.65. The Hall–Kier alpha value is -2.18. The number of aryl methyl sites for hydroxylation is 1. The van der Waals surface area contributed by atoms with Crippen LogP contribution in [0.4, 0.5) is 0 Å². The van der Waals surface area contributed by atoms with Crippen LogP contribution in [-0.4, -0.2) is 28.7 Å². The number of methoxy groups -OCH3 is 1. The lowest BCUT2D eigenvalue weighted by Gasteiger charge is -2.09. The monoisotopic (exact) mass is 359 g/mol. The van der Waals surface area contributed by atoms with E-state index in [1.165, 1.54) is 0 Å². The van der Waals surface area contributed by atoms with Gasteiger partial charge in [-0.05, 0) is 49.8 Å². The van der Waals surface area contributed by atoms with Crippen LogP contribution in [0.25, 0.3) is 17.4 Å². The molecule has 0 amide bonds. The maximum atomic E-state index is 5.95. The molecule has 0 saturated carbocycles. The molecule has 0 spiro atoms. The van der Waals surface area contributed by atoms with E-state index in [1.54, 1.807) is 18.1 Å². The van der Waals surface area contributed by atoms with E-state index in [0.717, 1.165) is 22.6 Å². The van der Waals surface area contributed by atoms with Crippen molar-refractivity contribution in [2.75, 3.05) is 13.7 Å². The predicted molar refractivity (Wildman–Crippen MR) is 102 cm³/mol. The van der Waals surface area contributed by atoms with E-state index in [-0.39, 0.29) is 0 Å². The van der Waals surface area contributed by atoms with Gasteiger partial charge in [0, 0.05) is 12.6 Å². The van der Waals surface area contributed by atoms with Crippen molar-refractivity contribution in [1.82, 2.24) is 4.90 Å². The lowest BCUT2D eigenvalue weighted by molar-refractivity contribution is 0.414. The fourth-order valence-corrected chi connectivity index (χ4v) is 3.27. The van der Waals surface area contributed by atoms with Crippen LogP contribution in [-0.2, 0) is 4.74 Å². The Labute approximate surface area is 151 Å². The van der Waals surface area contributed by atoms with E-state index < -0.39 is 0 Å². The Morgan fingerprint density at radius 2 is 2.00 bits per heavy atom. The van der Waals surface area contributed by atoms with Gasteiger partial charge in [0.2, 0.25) is 0 Å². The number of benzene rings is 1. The van der Waals surface area contributed by atoms with Crippen molar-refractivity contribution in [2.24, 2.45) is 0 Å². The first kappa shape index (κ1) is 16.7. The number of rotatable bonds is 4. The van der Waals surface area contributed by atoms with Gasteiger partial charge in [-0.25, -0.2) is 0 Å². The lowest BCUT2D eigenvalue weighted by atomic mass is 10.1. The second kappa shape index (κ2) is 6.75. The first-order valence-corrected chi connectivity index (χ1v) is 8.36. The molecule has 124 valence electrons. The van der Waals surface area contributed by atoms with Crippen molar-refractivity contribution >= 4 is 40.7 Å². The quantitative estimate of drug-likeness (QED) is 0.588. The molecule has 2 heterocycles. The zero-order chi connectivity index (χ0) is 17.3. The molecule has 4 nitrogen and oxygen atoms in total. The van der Waals surface area contributed by atoms with Gasteiger partial charge in [0.1, 0.15) is 17.3 Å². The number of thiocarbonyl (C=S) groups is 2. The van der Waals surface area contributed by atoms with E-state index in [1.807, 2.05) is 44.2 Å². The molecule has 1 aromatic heterocycles. The van der Waals surface area contributed by atoms with Crippen molar-refractivity contribution in [3.8, 4) is 17.1 Å². The average molecular weight is 359 g/mol. The van der Waals surface area contributed by atoms with E-state index in [9.17, 15) is 0 Å². The first-order chi connectivity index (χ1) is 11.5. The highest BCUT2D eigenvalue weighted by Gasteiger charge is 2.28. The Kier molecular flexibility index (Phi) is 4.69. The van der Waals surface area contributed by atoms with Gasteiger partial charge in [0.05, 0.1) is 12.7 Å². The summed E-state index contributed by atoms with van der Waals surface area (Å²) in [4.78, 5) is 2.35. The van der Waals surface area contributed by atoms with E-state index >= 15 is 0 Å². The Balaban J connectivity index is 1.94. The van der Waals surface area contributed by atoms with Crippen molar-refractivity contribution in [3.63, 3.8) is 0 Å². The molecule has 1 saturated heterocycles. The molecular formula is C18H17NO3S2. The van der Waals surface area contributed by atoms with Crippen molar-refractivity contribution in [1.29, 1.82) is 0 Å². The zero-order valence-corrected chi connectivity index (χ0v) is 15.3. The summed E-state index contributed by atoms with van der Waals surface area (Å²) in [6.07, 6.45) is 1.76. The topological polar surface area (TPSA) is 34.8 Å². The van der Waals surface area contributed by atoms with Crippen molar-refractivity contribution in [2.45, 2.75) is 13.8 Å². The molecule has 6 heteroatoms. The fourth-order valence-electron chi connectivity index (χ4n) is 2.59. The number of nitrogens with zero attached hydrogens (tertiary/aromatic N) is 1. The molecule has 1 aliphatic heterocycles. The molecule has 0 atom stereocenters. The minimum atomic E-state index is 0.376. The van der Waals surface area contributed by atoms with Crippen LogP contribution in [0.5, 0.6) is 5.75 Å². The summed E-state index contributed by atoms with van der Waals surface area (Å²) in [5.74, 6) is 2.69. The van der Waals surface area contributed by atoms with Gasteiger partial charge in [0.15, 0.2) is 10.7 Å². The third kappa shape index (κ3) is 2.95. The number of furan rings is 1. The van der Waals surface area contributed by atoms with Gasteiger partial charge in [-0.2, -0.15) is 0 Å². The summed E-state index contributed by atoms with van der Waals surface area (Å²) in [5, 5.41) is 0.376. The van der Waals surface area contributed by atoms with Crippen LogP contribution in [0.2, 0.25) is 0 Å². The Morgan fingerprint density at radius 3 is 2.67 bits per heavy atom. The zero-order valence-electron chi connectivity index (χ0n) is 13.7. The van der Waals surface area contributed by atoms with Crippen LogP contribution >= 0.6 is 24.4 Å². The highest BCUT2D eigenvalue weighted by Crippen LogP contribution is 2.34. The molecule has 1 fully saturated rings. The van der Waals surface area contributed by atoms with Crippen molar-refractivity contribution in [3.05, 3.63) is 47.4 Å². The van der Waals surface area contributed by atoms with Crippen molar-refractivity contribution < 1.29 is 13.9 Å². The maximum absolute atomic E-state index is 5.95. The van der Waals surface area contributed by atoms with Gasteiger partial charge in [-0.1, -0.05) is 24.4 Å². The molecule has 0 unspecified atom stereocenters. The largest absolute Gasteiger partial charge is 0.496 e. The molecule has 3 rings (SSSR count). The predicted octanol–water partition coefficient (Wildman–Crippen LogP) is 4.57. The average Bonchev–Trinajstić information content (AvgIpc) is 3.12. The van der Waals surface area contributed by atoms with Crippen LogP contribution < -0.4 is 4.74 Å². The molecule has 2 aromatic rings. The molecule has 0 bridgehead atoms. The van der Waals surface area contributed by atoms with Gasteiger partial charge >= 0.3 is 0 Å². The van der Waals surface area contributed by atoms with Gasteiger partial charge in [-0.15, -0.1) is 0 Å². The van der Waals surface area contributed by atoms with Gasteiger partial charge in [-0.3, -0.25) is 4.90 Å². The molecule has 24 heavy (non-hydrogen) atoms. The minimum absolute atomic E-state index is 0.376. The summed E-state index contributed by atoms with van der Waals surface area (Å²) in [6, 6.07) is 9.67. The van der Waals surface area contributed by atoms with Gasteiger partial charge in [0.25, 0.3) is 5.17 Å². The number of likely N-dealkylation sites (N-methyl/N-ethyl adjacent to an activating group) is 1. The number of hydrogen-bond acceptors (Lipinski definition) is 5. The third-order valence-electron chi connectivity index (χ3n) is 3.79. The van der Waals surface area contributed by atoms with E-state index in [4.69, 9.17) is 38.3 Å². The van der Waals surface area contributed by atoms with E-state index in [0.29, 0.717) is 28.2 Å². The molecule has 0 aliphatic carbocycles. The third-order valence-corrected chi connectivity index (χ3v) is 4.52. The summed E-state index contributed by atoms with van der Waals surface area (Å²) >= 11 is 10.6. The standard InChI is InChI=1S/C18H17NO3S2/c1-4-19-17(23)15(22-18(19)24)10-12-8-9-14(21-12)16-11(2)6-5-7-13(16)20-3/h5-10H,4H2,1-3H3/b15-10-. The van der Waals surface area contributed by atoms with E-state index in [2.05, 4.69) is 0 Å². The van der Waals surface area contributed by atoms with Gasteiger partial charge < -0.3 is 13.9 Å². The Morgan fingerprint density at radius 1 is 1.21 bits per heavy atom. The highest BCUT2D eigenvalue weighted by atomic mass is 32.1. The molecule has 1 aromatic carbocycles. The SMILES string of the molecule is CCN1C(=S)O/C(=C\c2ccc(-c3c(C)cccc3OC)o2)C1=S. The second-order valence-electron chi connectivity index (χ2n) is 5.28. The highest BCUT2D eigenvalue weighted by molar-refractivity contribution is 7.82. The molecular weight excluding hydrogens is 342 g/mol. The number of hydrogen-bond donors (Lipinski definition) is 0. The fraction of sp³-hybridized carbons (Fsp3) is 0.222. The molecule has 0 N–H and O–H groups in total. The normalized spacial score (nSPS) is 16.0. The van der Waals surface area contributed by atoms with Crippen LogP contribution in [0.3, 0.4) is 0 Å². The van der Waals surface area contributed by atoms with Crippen LogP contribution in [0.15, 0.2) is 40.5 Å². The first-order valence-electron chi connectivity index (χ1n) is 7.54. The number of ether oxygens (including phenoxy) is 2. The summed E-state index contributed by atoms with van der Waals surface area (Å²) in [5.41, 5.74) is 2.01. The van der Waals surface area contributed by atoms with Crippen LogP contribution in [0.1, 0.15) is 18.2 Å². The lowest BCUT2D eigenvalue weighted by Crippen LogP contribution is -2.26.